The number of rotatable bonds is 5. The van der Waals surface area contributed by atoms with Gasteiger partial charge in [0, 0.05) is 38.2 Å². The molecule has 2 rings (SSSR count). The fourth-order valence-corrected chi connectivity index (χ4v) is 2.89. The van der Waals surface area contributed by atoms with Crippen LogP contribution in [0.1, 0.15) is 23.5 Å². The first-order valence-electron chi connectivity index (χ1n) is 6.17. The summed E-state index contributed by atoms with van der Waals surface area (Å²) >= 11 is 1.65. The van der Waals surface area contributed by atoms with Crippen LogP contribution >= 0.6 is 11.3 Å². The van der Waals surface area contributed by atoms with Crippen molar-refractivity contribution in [3.8, 4) is 0 Å². The molecule has 1 fully saturated rings. The Morgan fingerprint density at radius 1 is 1.53 bits per heavy atom. The molecule has 2 N–H and O–H groups in total. The highest BCUT2D eigenvalue weighted by Gasteiger charge is 2.16. The minimum atomic E-state index is 0.550. The molecular weight excluding hydrogens is 234 g/mol. The molecule has 96 valence electrons. The molecular formula is C12H21N3OS. The molecule has 0 atom stereocenters. The molecule has 2 heterocycles. The van der Waals surface area contributed by atoms with Crippen molar-refractivity contribution in [1.29, 1.82) is 0 Å². The molecule has 0 radical (unpaired) electrons. The second-order valence-corrected chi connectivity index (χ2v) is 5.63. The smallest absolute Gasteiger partial charge is 0.106 e. The van der Waals surface area contributed by atoms with Crippen molar-refractivity contribution in [2.75, 3.05) is 26.8 Å². The fraction of sp³-hybridized carbons (Fsp3) is 0.750. The number of thiazole rings is 1. The molecule has 17 heavy (non-hydrogen) atoms. The number of aromatic nitrogens is 1. The van der Waals surface area contributed by atoms with E-state index in [1.165, 1.54) is 12.8 Å². The first-order chi connectivity index (χ1) is 8.28. The van der Waals surface area contributed by atoms with Gasteiger partial charge in [-0.1, -0.05) is 0 Å². The molecule has 1 aliphatic rings. The second-order valence-electron chi connectivity index (χ2n) is 4.69. The molecule has 0 unspecified atom stereocenters. The van der Waals surface area contributed by atoms with E-state index in [9.17, 15) is 0 Å². The first-order valence-corrected chi connectivity index (χ1v) is 7.05. The predicted octanol–water partition coefficient (Wildman–Crippen LogP) is 1.46. The molecule has 0 spiro atoms. The van der Waals surface area contributed by atoms with E-state index in [4.69, 9.17) is 10.5 Å². The van der Waals surface area contributed by atoms with Gasteiger partial charge in [-0.3, -0.25) is 0 Å². The van der Waals surface area contributed by atoms with Gasteiger partial charge in [0.1, 0.15) is 5.01 Å². The molecule has 1 aromatic heterocycles. The summed E-state index contributed by atoms with van der Waals surface area (Å²) in [5, 5.41) is 3.14. The number of nitrogens with zero attached hydrogens (tertiary/aromatic N) is 2. The summed E-state index contributed by atoms with van der Waals surface area (Å²) in [7, 11) is 2.16. The number of hydrogen-bond donors (Lipinski definition) is 1. The normalized spacial score (nSPS) is 17.8. The van der Waals surface area contributed by atoms with Gasteiger partial charge < -0.3 is 15.4 Å². The number of ether oxygens (including phenoxy) is 1. The average Bonchev–Trinajstić information content (AvgIpc) is 2.78. The highest BCUT2D eigenvalue weighted by atomic mass is 32.1. The number of hydrogen-bond acceptors (Lipinski definition) is 5. The topological polar surface area (TPSA) is 51.4 Å². The van der Waals surface area contributed by atoms with E-state index in [2.05, 4.69) is 22.3 Å². The van der Waals surface area contributed by atoms with Crippen molar-refractivity contribution in [3.05, 3.63) is 16.1 Å². The van der Waals surface area contributed by atoms with Crippen LogP contribution in [0.4, 0.5) is 0 Å². The Morgan fingerprint density at radius 2 is 2.29 bits per heavy atom. The Hall–Kier alpha value is -0.490. The zero-order valence-corrected chi connectivity index (χ0v) is 11.2. The predicted molar refractivity (Wildman–Crippen MR) is 69.9 cm³/mol. The lowest BCUT2D eigenvalue weighted by molar-refractivity contribution is 0.0548. The molecule has 1 aliphatic heterocycles. The first kappa shape index (κ1) is 13.0. The third kappa shape index (κ3) is 4.03. The largest absolute Gasteiger partial charge is 0.381 e. The third-order valence-electron chi connectivity index (χ3n) is 3.12. The van der Waals surface area contributed by atoms with E-state index in [1.54, 1.807) is 11.3 Å². The Bertz CT molecular complexity index is 336. The van der Waals surface area contributed by atoms with E-state index >= 15 is 0 Å². The Labute approximate surface area is 107 Å². The van der Waals surface area contributed by atoms with Gasteiger partial charge in [-0.15, -0.1) is 11.3 Å². The summed E-state index contributed by atoms with van der Waals surface area (Å²) in [5.41, 5.74) is 6.71. The van der Waals surface area contributed by atoms with Crippen LogP contribution in [0.2, 0.25) is 0 Å². The minimum Gasteiger partial charge on any atom is -0.381 e. The van der Waals surface area contributed by atoms with Crippen LogP contribution in [-0.2, 0) is 17.8 Å². The number of nitrogens with two attached hydrogens (primary N) is 1. The van der Waals surface area contributed by atoms with Gasteiger partial charge in [-0.2, -0.15) is 0 Å². The van der Waals surface area contributed by atoms with E-state index in [-0.39, 0.29) is 0 Å². The highest BCUT2D eigenvalue weighted by molar-refractivity contribution is 7.09. The SMILES string of the molecule is CN(Cc1csc(CN)n1)CC1CCOCC1. The van der Waals surface area contributed by atoms with Crippen LogP contribution in [0.3, 0.4) is 0 Å². The highest BCUT2D eigenvalue weighted by Crippen LogP contribution is 2.17. The van der Waals surface area contributed by atoms with Crippen molar-refractivity contribution in [2.24, 2.45) is 11.7 Å². The van der Waals surface area contributed by atoms with E-state index < -0.39 is 0 Å². The van der Waals surface area contributed by atoms with Gasteiger partial charge in [0.05, 0.1) is 5.69 Å². The summed E-state index contributed by atoms with van der Waals surface area (Å²) in [6.07, 6.45) is 2.38. The quantitative estimate of drug-likeness (QED) is 0.865. The summed E-state index contributed by atoms with van der Waals surface area (Å²) in [6.45, 7) is 4.46. The maximum absolute atomic E-state index is 5.56. The van der Waals surface area contributed by atoms with Crippen molar-refractivity contribution in [2.45, 2.75) is 25.9 Å². The molecule has 0 saturated carbocycles. The van der Waals surface area contributed by atoms with Gasteiger partial charge in [-0.05, 0) is 25.8 Å². The monoisotopic (exact) mass is 255 g/mol. The van der Waals surface area contributed by atoms with Crippen molar-refractivity contribution in [1.82, 2.24) is 9.88 Å². The van der Waals surface area contributed by atoms with E-state index in [0.717, 1.165) is 42.9 Å². The van der Waals surface area contributed by atoms with Crippen molar-refractivity contribution < 1.29 is 4.74 Å². The zero-order chi connectivity index (χ0) is 12.1. The van der Waals surface area contributed by atoms with E-state index in [0.29, 0.717) is 6.54 Å². The molecule has 0 bridgehead atoms. The zero-order valence-electron chi connectivity index (χ0n) is 10.4. The summed E-state index contributed by atoms with van der Waals surface area (Å²) in [5.74, 6) is 0.779. The van der Waals surface area contributed by atoms with Crippen LogP contribution in [0.5, 0.6) is 0 Å². The van der Waals surface area contributed by atoms with E-state index in [1.807, 2.05) is 0 Å². The Kier molecular flexibility index (Phi) is 4.91. The lowest BCUT2D eigenvalue weighted by Gasteiger charge is -2.26. The minimum absolute atomic E-state index is 0.550. The van der Waals surface area contributed by atoms with Crippen LogP contribution in [0.15, 0.2) is 5.38 Å². The summed E-state index contributed by atoms with van der Waals surface area (Å²) < 4.78 is 5.37. The van der Waals surface area contributed by atoms with Crippen molar-refractivity contribution in [3.63, 3.8) is 0 Å². The lowest BCUT2D eigenvalue weighted by atomic mass is 10.00. The van der Waals surface area contributed by atoms with Gasteiger partial charge in [0.15, 0.2) is 0 Å². The summed E-state index contributed by atoms with van der Waals surface area (Å²) in [4.78, 5) is 6.84. The Morgan fingerprint density at radius 3 is 2.94 bits per heavy atom. The van der Waals surface area contributed by atoms with Crippen molar-refractivity contribution >= 4 is 11.3 Å². The van der Waals surface area contributed by atoms with Crippen LogP contribution < -0.4 is 5.73 Å². The van der Waals surface area contributed by atoms with Crippen LogP contribution in [0, 0.1) is 5.92 Å². The van der Waals surface area contributed by atoms with Gasteiger partial charge >= 0.3 is 0 Å². The maximum atomic E-state index is 5.56. The molecule has 5 heteroatoms. The fourth-order valence-electron chi connectivity index (χ4n) is 2.23. The van der Waals surface area contributed by atoms with Gasteiger partial charge in [0.25, 0.3) is 0 Å². The van der Waals surface area contributed by atoms with Crippen LogP contribution in [-0.4, -0.2) is 36.7 Å². The summed E-state index contributed by atoms with van der Waals surface area (Å²) in [6, 6.07) is 0. The molecule has 1 aromatic rings. The second kappa shape index (κ2) is 6.44. The van der Waals surface area contributed by atoms with Gasteiger partial charge in [0.2, 0.25) is 0 Å². The Balaban J connectivity index is 1.77. The molecule has 0 aromatic carbocycles. The maximum Gasteiger partial charge on any atom is 0.106 e. The third-order valence-corrected chi connectivity index (χ3v) is 4.04. The standard InChI is InChI=1S/C12H21N3OS/c1-15(7-10-2-4-16-5-3-10)8-11-9-17-12(6-13)14-11/h9-10H,2-8,13H2,1H3. The molecule has 0 aliphatic carbocycles. The lowest BCUT2D eigenvalue weighted by Crippen LogP contribution is -2.29. The molecule has 4 nitrogen and oxygen atoms in total. The molecule has 1 saturated heterocycles. The van der Waals surface area contributed by atoms with Crippen LogP contribution in [0.25, 0.3) is 0 Å². The van der Waals surface area contributed by atoms with Gasteiger partial charge in [-0.25, -0.2) is 4.98 Å². The molecule has 0 amide bonds. The average molecular weight is 255 g/mol.